The number of fused-ring (bicyclic) bond motifs is 1. The number of imidazole rings is 1. The summed E-state index contributed by atoms with van der Waals surface area (Å²) in [5.41, 5.74) is 2.00. The number of hydrogen-bond donors (Lipinski definition) is 3. The molecule has 3 N–H and O–H groups in total. The number of alkyl halides is 6. The van der Waals surface area contributed by atoms with E-state index in [1.807, 2.05) is 19.1 Å². The number of aryl methyl sites for hydroxylation is 1. The number of anilines is 1. The summed E-state index contributed by atoms with van der Waals surface area (Å²) in [5, 5.41) is 25.7. The molecule has 0 amide bonds. The average Bonchev–Trinajstić information content (AvgIpc) is 3.49. The van der Waals surface area contributed by atoms with Crippen LogP contribution in [0, 0.1) is 12.8 Å². The number of nitrogens with zero attached hydrogens (tertiary/aromatic N) is 5. The predicted molar refractivity (Wildman–Crippen MR) is 112 cm³/mol. The van der Waals surface area contributed by atoms with Crippen LogP contribution in [0.2, 0.25) is 0 Å². The van der Waals surface area contributed by atoms with Crippen molar-refractivity contribution in [3.05, 3.63) is 35.5 Å². The molecule has 2 aromatic heterocycles. The molecule has 0 saturated heterocycles. The van der Waals surface area contributed by atoms with Crippen LogP contribution in [0.25, 0.3) is 0 Å². The monoisotopic (exact) mass is 526 g/mol. The molecule has 36 heavy (non-hydrogen) atoms. The second-order valence-corrected chi connectivity index (χ2v) is 8.04. The van der Waals surface area contributed by atoms with Crippen molar-refractivity contribution in [3.63, 3.8) is 0 Å². The lowest BCUT2D eigenvalue weighted by Gasteiger charge is -2.27. The van der Waals surface area contributed by atoms with Gasteiger partial charge in [0, 0.05) is 25.8 Å². The van der Waals surface area contributed by atoms with Gasteiger partial charge in [0.15, 0.2) is 0 Å². The molecule has 0 atom stereocenters. The molecule has 10 nitrogen and oxygen atoms in total. The fourth-order valence-corrected chi connectivity index (χ4v) is 2.94. The van der Waals surface area contributed by atoms with Crippen molar-refractivity contribution in [2.45, 2.75) is 51.8 Å². The molecule has 1 aliphatic heterocycles. The maximum atomic E-state index is 10.6. The molecule has 4 rings (SSSR count). The van der Waals surface area contributed by atoms with E-state index in [4.69, 9.17) is 24.8 Å². The Morgan fingerprint density at radius 3 is 2.08 bits per heavy atom. The van der Waals surface area contributed by atoms with Crippen molar-refractivity contribution in [3.8, 4) is 0 Å². The quantitative estimate of drug-likeness (QED) is 0.503. The van der Waals surface area contributed by atoms with Crippen molar-refractivity contribution in [2.24, 2.45) is 5.92 Å². The number of carboxylic acid groups (broad SMARTS) is 2. The first kappa shape index (κ1) is 28.8. The molecule has 0 aromatic carbocycles. The summed E-state index contributed by atoms with van der Waals surface area (Å²) in [4.78, 5) is 25.1. The van der Waals surface area contributed by atoms with Gasteiger partial charge in [-0.05, 0) is 37.8 Å². The van der Waals surface area contributed by atoms with Crippen LogP contribution in [0.4, 0.5) is 32.2 Å². The first-order valence-electron chi connectivity index (χ1n) is 10.6. The summed E-state index contributed by atoms with van der Waals surface area (Å²) in [6.45, 7) is 7.07. The number of rotatable bonds is 5. The molecule has 0 spiro atoms. The lowest BCUT2D eigenvalue weighted by atomic mass is 10.3. The van der Waals surface area contributed by atoms with Crippen molar-refractivity contribution < 1.29 is 46.1 Å². The van der Waals surface area contributed by atoms with E-state index in [0.29, 0.717) is 6.54 Å². The third-order valence-corrected chi connectivity index (χ3v) is 4.88. The average molecular weight is 526 g/mol. The Kier molecular flexibility index (Phi) is 9.61. The first-order chi connectivity index (χ1) is 16.6. The van der Waals surface area contributed by atoms with Crippen LogP contribution in [-0.2, 0) is 29.2 Å². The summed E-state index contributed by atoms with van der Waals surface area (Å²) in [6, 6.07) is 3.92. The molecule has 2 aromatic rings. The third-order valence-electron chi connectivity index (χ3n) is 4.88. The van der Waals surface area contributed by atoms with Gasteiger partial charge in [0.25, 0.3) is 0 Å². The molecule has 2 aliphatic rings. The highest BCUT2D eigenvalue weighted by atomic mass is 19.4. The summed E-state index contributed by atoms with van der Waals surface area (Å²) in [5.74, 6) is -2.58. The number of aliphatic carboxylic acids is 2. The molecule has 1 fully saturated rings. The summed E-state index contributed by atoms with van der Waals surface area (Å²) >= 11 is 0. The van der Waals surface area contributed by atoms with E-state index in [2.05, 4.69) is 31.2 Å². The van der Waals surface area contributed by atoms with E-state index in [1.54, 1.807) is 0 Å². The van der Waals surface area contributed by atoms with Gasteiger partial charge in [-0.25, -0.2) is 14.6 Å². The smallest absolute Gasteiger partial charge is 0.475 e. The van der Waals surface area contributed by atoms with Gasteiger partial charge in [-0.1, -0.05) is 0 Å². The molecule has 1 saturated carbocycles. The van der Waals surface area contributed by atoms with Crippen molar-refractivity contribution >= 4 is 17.8 Å². The van der Waals surface area contributed by atoms with Crippen LogP contribution in [0.5, 0.6) is 0 Å². The molecular weight excluding hydrogens is 502 g/mol. The molecule has 200 valence electrons. The minimum Gasteiger partial charge on any atom is -0.475 e. The number of carbonyl (C=O) groups is 2. The third kappa shape index (κ3) is 10.1. The van der Waals surface area contributed by atoms with Crippen LogP contribution in [0.3, 0.4) is 0 Å². The number of nitrogens with one attached hydrogen (secondary N) is 1. The molecule has 16 heteroatoms. The summed E-state index contributed by atoms with van der Waals surface area (Å²) in [7, 11) is 0. The predicted octanol–water partition coefficient (Wildman–Crippen LogP) is 3.09. The van der Waals surface area contributed by atoms with E-state index < -0.39 is 24.3 Å². The molecule has 1 aliphatic carbocycles. The molecular formula is C20H24F6N6O4. The Bertz CT molecular complexity index is 997. The second kappa shape index (κ2) is 12.0. The summed E-state index contributed by atoms with van der Waals surface area (Å²) in [6.07, 6.45) is -5.17. The normalized spacial score (nSPS) is 15.5. The highest BCUT2D eigenvalue weighted by molar-refractivity contribution is 5.73. The molecule has 0 radical (unpaired) electrons. The fraction of sp³-hybridized carbons (Fsp3) is 0.550. The second-order valence-electron chi connectivity index (χ2n) is 8.04. The van der Waals surface area contributed by atoms with Crippen LogP contribution >= 0.6 is 0 Å². The van der Waals surface area contributed by atoms with Gasteiger partial charge in [0.1, 0.15) is 11.6 Å². The van der Waals surface area contributed by atoms with Gasteiger partial charge in [-0.15, -0.1) is 5.10 Å². The Balaban J connectivity index is 0.000000271. The van der Waals surface area contributed by atoms with Crippen LogP contribution in [0.1, 0.15) is 30.1 Å². The van der Waals surface area contributed by atoms with E-state index in [1.165, 1.54) is 25.2 Å². The van der Waals surface area contributed by atoms with Gasteiger partial charge in [-0.3, -0.25) is 4.90 Å². The first-order valence-corrected chi connectivity index (χ1v) is 10.6. The molecule has 0 unspecified atom stereocenters. The largest absolute Gasteiger partial charge is 0.490 e. The standard InChI is InChI=1S/C16H22N6.2C2HF3O2/c1-12-2-5-15(20-19-12)17-8-14-10-22-7-6-21(9-13-3-4-13)11-16(22)18-14;2*3-2(4,5)1(6)7/h2,5,10,13H,3-4,6-9,11H2,1H3,(H,17,20);2*(H,6,7). The fourth-order valence-electron chi connectivity index (χ4n) is 2.94. The minimum atomic E-state index is -5.08. The Labute approximate surface area is 200 Å². The van der Waals surface area contributed by atoms with Gasteiger partial charge >= 0.3 is 24.3 Å². The van der Waals surface area contributed by atoms with Crippen LogP contribution < -0.4 is 5.32 Å². The Morgan fingerprint density at radius 2 is 1.61 bits per heavy atom. The molecule has 0 bridgehead atoms. The van der Waals surface area contributed by atoms with Gasteiger partial charge < -0.3 is 20.1 Å². The zero-order valence-electron chi connectivity index (χ0n) is 19.0. The zero-order chi connectivity index (χ0) is 27.1. The highest BCUT2D eigenvalue weighted by Gasteiger charge is 2.38. The van der Waals surface area contributed by atoms with Crippen molar-refractivity contribution in [1.29, 1.82) is 0 Å². The Morgan fingerprint density at radius 1 is 1.03 bits per heavy atom. The van der Waals surface area contributed by atoms with Crippen LogP contribution in [0.15, 0.2) is 18.3 Å². The van der Waals surface area contributed by atoms with Crippen LogP contribution in [-0.4, -0.2) is 72.2 Å². The Hall–Kier alpha value is -3.43. The van der Waals surface area contributed by atoms with E-state index in [9.17, 15) is 26.3 Å². The highest BCUT2D eigenvalue weighted by Crippen LogP contribution is 2.30. The number of aromatic nitrogens is 4. The maximum Gasteiger partial charge on any atom is 0.490 e. The van der Waals surface area contributed by atoms with E-state index >= 15 is 0 Å². The molecule has 3 heterocycles. The van der Waals surface area contributed by atoms with Gasteiger partial charge in [0.2, 0.25) is 0 Å². The lowest BCUT2D eigenvalue weighted by molar-refractivity contribution is -0.193. The maximum absolute atomic E-state index is 10.6. The zero-order valence-corrected chi connectivity index (χ0v) is 19.0. The number of halogens is 6. The minimum absolute atomic E-state index is 0.695. The van der Waals surface area contributed by atoms with Gasteiger partial charge in [0.05, 0.1) is 24.5 Å². The van der Waals surface area contributed by atoms with Gasteiger partial charge in [-0.2, -0.15) is 31.4 Å². The van der Waals surface area contributed by atoms with E-state index in [-0.39, 0.29) is 0 Å². The summed E-state index contributed by atoms with van der Waals surface area (Å²) < 4.78 is 65.8. The SMILES string of the molecule is Cc1ccc(NCc2cn3c(n2)CN(CC2CC2)CC3)nn1.O=C(O)C(F)(F)F.O=C(O)C(F)(F)F. The number of hydrogen-bond acceptors (Lipinski definition) is 7. The van der Waals surface area contributed by atoms with Crippen molar-refractivity contribution in [2.75, 3.05) is 18.4 Å². The number of carboxylic acids is 2. The van der Waals surface area contributed by atoms with E-state index in [0.717, 1.165) is 42.8 Å². The van der Waals surface area contributed by atoms with Crippen molar-refractivity contribution in [1.82, 2.24) is 24.6 Å². The lowest BCUT2D eigenvalue weighted by Crippen LogP contribution is -2.34. The topological polar surface area (TPSA) is 133 Å².